The maximum Gasteiger partial charge on any atom is 0.305 e. The molecule has 1 aromatic rings. The Morgan fingerprint density at radius 2 is 1.96 bits per heavy atom. The van der Waals surface area contributed by atoms with Crippen LogP contribution in [0.3, 0.4) is 0 Å². The Morgan fingerprint density at radius 1 is 1.26 bits per heavy atom. The van der Waals surface area contributed by atoms with Crippen LogP contribution in [0.1, 0.15) is 22.3 Å². The summed E-state index contributed by atoms with van der Waals surface area (Å²) in [6.07, 6.45) is -0.207. The molecular weight excluding hydrogens is 324 g/mol. The van der Waals surface area contributed by atoms with Crippen LogP contribution in [-0.2, 0) is 19.6 Å². The molecule has 0 bridgehead atoms. The second-order valence-corrected chi connectivity index (χ2v) is 6.53. The quantitative estimate of drug-likeness (QED) is 0.547. The van der Waals surface area contributed by atoms with E-state index in [1.54, 1.807) is 6.92 Å². The topological polar surface area (TPSA) is 122 Å². The first-order valence-corrected chi connectivity index (χ1v) is 8.35. The van der Waals surface area contributed by atoms with Crippen molar-refractivity contribution in [2.75, 3.05) is 26.8 Å². The van der Waals surface area contributed by atoms with E-state index in [1.165, 1.54) is 25.3 Å². The van der Waals surface area contributed by atoms with Crippen molar-refractivity contribution in [3.63, 3.8) is 0 Å². The highest BCUT2D eigenvalue weighted by Gasteiger charge is 2.17. The van der Waals surface area contributed by atoms with Crippen LogP contribution in [0.15, 0.2) is 23.1 Å². The molecule has 1 rings (SSSR count). The summed E-state index contributed by atoms with van der Waals surface area (Å²) in [5.41, 5.74) is 0.777. The zero-order valence-electron chi connectivity index (χ0n) is 13.0. The molecule has 0 saturated carbocycles. The average Bonchev–Trinajstić information content (AvgIpc) is 2.47. The second-order valence-electron chi connectivity index (χ2n) is 4.77. The number of aliphatic carboxylic acids is 1. The molecule has 0 saturated heterocycles. The van der Waals surface area contributed by atoms with Crippen LogP contribution < -0.4 is 10.0 Å². The van der Waals surface area contributed by atoms with Crippen molar-refractivity contribution in [2.24, 2.45) is 0 Å². The van der Waals surface area contributed by atoms with Crippen molar-refractivity contribution in [3.8, 4) is 0 Å². The van der Waals surface area contributed by atoms with E-state index < -0.39 is 21.9 Å². The van der Waals surface area contributed by atoms with E-state index in [1.807, 2.05) is 0 Å². The zero-order chi connectivity index (χ0) is 17.5. The maximum absolute atomic E-state index is 12.1. The smallest absolute Gasteiger partial charge is 0.305 e. The van der Waals surface area contributed by atoms with E-state index in [2.05, 4.69) is 10.0 Å². The third kappa shape index (κ3) is 5.97. The van der Waals surface area contributed by atoms with E-state index in [0.29, 0.717) is 5.56 Å². The van der Waals surface area contributed by atoms with Crippen molar-refractivity contribution in [1.82, 2.24) is 10.0 Å². The lowest BCUT2D eigenvalue weighted by molar-refractivity contribution is -0.136. The molecule has 0 spiro atoms. The summed E-state index contributed by atoms with van der Waals surface area (Å²) in [5.74, 6) is -1.54. The molecule has 0 heterocycles. The molecule has 0 aliphatic rings. The summed E-state index contributed by atoms with van der Waals surface area (Å²) in [6, 6.07) is 4.19. The number of aryl methyl sites for hydroxylation is 1. The summed E-state index contributed by atoms with van der Waals surface area (Å²) in [7, 11) is -2.29. The summed E-state index contributed by atoms with van der Waals surface area (Å²) in [4.78, 5) is 22.5. The molecule has 0 aliphatic heterocycles. The molecule has 1 amide bonds. The van der Waals surface area contributed by atoms with Gasteiger partial charge in [0.1, 0.15) is 0 Å². The van der Waals surface area contributed by atoms with E-state index in [9.17, 15) is 18.0 Å². The average molecular weight is 344 g/mol. The molecule has 3 N–H and O–H groups in total. The van der Waals surface area contributed by atoms with Gasteiger partial charge in [0.25, 0.3) is 5.91 Å². The summed E-state index contributed by atoms with van der Waals surface area (Å²) in [6.45, 7) is 1.98. The lowest BCUT2D eigenvalue weighted by Gasteiger charge is -2.10. The van der Waals surface area contributed by atoms with Crippen LogP contribution in [-0.4, -0.2) is 52.2 Å². The molecule has 23 heavy (non-hydrogen) atoms. The van der Waals surface area contributed by atoms with Crippen molar-refractivity contribution in [3.05, 3.63) is 29.3 Å². The van der Waals surface area contributed by atoms with E-state index in [-0.39, 0.29) is 36.6 Å². The van der Waals surface area contributed by atoms with Gasteiger partial charge in [-0.05, 0) is 24.6 Å². The molecule has 0 atom stereocenters. The Kier molecular flexibility index (Phi) is 7.14. The predicted octanol–water partition coefficient (Wildman–Crippen LogP) is 0.124. The van der Waals surface area contributed by atoms with Gasteiger partial charge >= 0.3 is 5.97 Å². The Labute approximate surface area is 134 Å². The number of benzene rings is 1. The van der Waals surface area contributed by atoms with Gasteiger partial charge in [-0.15, -0.1) is 0 Å². The standard InChI is InChI=1S/C14H20N2O6S/c1-10-3-4-11(23(20,21)16-7-8-22-2)9-12(10)14(19)15-6-5-13(17)18/h3-4,9,16H,5-8H2,1-2H3,(H,15,19)(H,17,18). The molecule has 0 aliphatic carbocycles. The summed E-state index contributed by atoms with van der Waals surface area (Å²) >= 11 is 0. The SMILES string of the molecule is COCCNS(=O)(=O)c1ccc(C)c(C(=O)NCCC(=O)O)c1. The van der Waals surface area contributed by atoms with Gasteiger partial charge < -0.3 is 15.2 Å². The number of methoxy groups -OCH3 is 1. The predicted molar refractivity (Wildman–Crippen MR) is 82.8 cm³/mol. The summed E-state index contributed by atoms with van der Waals surface area (Å²) in [5, 5.41) is 11.0. The van der Waals surface area contributed by atoms with Crippen LogP contribution in [0.2, 0.25) is 0 Å². The Hall–Kier alpha value is -1.97. The number of hydrogen-bond acceptors (Lipinski definition) is 5. The number of carboxylic acid groups (broad SMARTS) is 1. The van der Waals surface area contributed by atoms with E-state index in [0.717, 1.165) is 0 Å². The Balaban J connectivity index is 2.90. The van der Waals surface area contributed by atoms with Crippen LogP contribution in [0.25, 0.3) is 0 Å². The normalized spacial score (nSPS) is 11.2. The number of hydrogen-bond donors (Lipinski definition) is 3. The van der Waals surface area contributed by atoms with Gasteiger partial charge in [0.05, 0.1) is 17.9 Å². The maximum atomic E-state index is 12.1. The first-order chi connectivity index (χ1) is 10.8. The molecule has 0 fully saturated rings. The molecule has 0 radical (unpaired) electrons. The molecule has 8 nitrogen and oxygen atoms in total. The molecular formula is C14H20N2O6S. The van der Waals surface area contributed by atoms with Crippen LogP contribution in [0.5, 0.6) is 0 Å². The molecule has 128 valence electrons. The van der Waals surface area contributed by atoms with Gasteiger partial charge in [-0.25, -0.2) is 13.1 Å². The van der Waals surface area contributed by atoms with Crippen LogP contribution in [0.4, 0.5) is 0 Å². The largest absolute Gasteiger partial charge is 0.481 e. The zero-order valence-corrected chi connectivity index (χ0v) is 13.8. The van der Waals surface area contributed by atoms with Gasteiger partial charge in [-0.3, -0.25) is 9.59 Å². The first kappa shape index (κ1) is 19.1. The van der Waals surface area contributed by atoms with E-state index >= 15 is 0 Å². The van der Waals surface area contributed by atoms with Crippen molar-refractivity contribution < 1.29 is 27.9 Å². The number of carbonyl (C=O) groups is 2. The van der Waals surface area contributed by atoms with E-state index in [4.69, 9.17) is 9.84 Å². The van der Waals surface area contributed by atoms with Crippen LogP contribution >= 0.6 is 0 Å². The Bertz CT molecular complexity index is 672. The van der Waals surface area contributed by atoms with Crippen molar-refractivity contribution in [1.29, 1.82) is 0 Å². The fourth-order valence-electron chi connectivity index (χ4n) is 1.75. The lowest BCUT2D eigenvalue weighted by Crippen LogP contribution is -2.29. The first-order valence-electron chi connectivity index (χ1n) is 6.87. The fourth-order valence-corrected chi connectivity index (χ4v) is 2.79. The highest BCUT2D eigenvalue weighted by atomic mass is 32.2. The summed E-state index contributed by atoms with van der Waals surface area (Å²) < 4.78 is 31.4. The minimum Gasteiger partial charge on any atom is -0.481 e. The fraction of sp³-hybridized carbons (Fsp3) is 0.429. The minimum atomic E-state index is -3.74. The highest BCUT2D eigenvalue weighted by Crippen LogP contribution is 2.15. The number of ether oxygens (including phenoxy) is 1. The number of carboxylic acids is 1. The van der Waals surface area contributed by atoms with Crippen molar-refractivity contribution >= 4 is 21.9 Å². The van der Waals surface area contributed by atoms with Gasteiger partial charge in [0.15, 0.2) is 0 Å². The second kappa shape index (κ2) is 8.61. The Morgan fingerprint density at radius 3 is 2.57 bits per heavy atom. The third-order valence-corrected chi connectivity index (χ3v) is 4.45. The lowest BCUT2D eigenvalue weighted by atomic mass is 10.1. The molecule has 1 aromatic carbocycles. The molecule has 0 unspecified atom stereocenters. The highest BCUT2D eigenvalue weighted by molar-refractivity contribution is 7.89. The number of sulfonamides is 1. The van der Waals surface area contributed by atoms with Crippen molar-refractivity contribution in [2.45, 2.75) is 18.2 Å². The van der Waals surface area contributed by atoms with Gasteiger partial charge in [-0.1, -0.05) is 6.07 Å². The van der Waals surface area contributed by atoms with Crippen LogP contribution in [0, 0.1) is 6.92 Å². The number of rotatable bonds is 9. The van der Waals surface area contributed by atoms with Gasteiger partial charge in [0.2, 0.25) is 10.0 Å². The molecule has 0 aromatic heterocycles. The van der Waals surface area contributed by atoms with Gasteiger partial charge in [0, 0.05) is 25.8 Å². The minimum absolute atomic E-state index is 0.0311. The third-order valence-electron chi connectivity index (χ3n) is 2.99. The number of carbonyl (C=O) groups excluding carboxylic acids is 1. The molecule has 9 heteroatoms. The number of nitrogens with one attached hydrogen (secondary N) is 2. The number of amides is 1. The van der Waals surface area contributed by atoms with Gasteiger partial charge in [-0.2, -0.15) is 0 Å². The monoisotopic (exact) mass is 344 g/mol.